The van der Waals surface area contributed by atoms with Gasteiger partial charge in [-0.1, -0.05) is 0 Å². The van der Waals surface area contributed by atoms with E-state index in [1.165, 1.54) is 23.3 Å². The van der Waals surface area contributed by atoms with Gasteiger partial charge in [-0.25, -0.2) is 0 Å². The minimum Gasteiger partial charge on any atom is -0.147 e. The van der Waals surface area contributed by atoms with Gasteiger partial charge in [0, 0.05) is 0 Å². The Balaban J connectivity index is 0.00000220. The molecule has 0 aromatic rings. The Labute approximate surface area is 155 Å². The molecule has 0 aromatic carbocycles. The van der Waals surface area contributed by atoms with E-state index in [2.05, 4.69) is 63.0 Å². The fraction of sp³-hybridized carbons (Fsp3) is 0.556. The van der Waals surface area contributed by atoms with Gasteiger partial charge in [-0.2, -0.15) is 0 Å². The van der Waals surface area contributed by atoms with Gasteiger partial charge in [-0.3, -0.25) is 0 Å². The van der Waals surface area contributed by atoms with Crippen molar-refractivity contribution in [3.8, 4) is 0 Å². The van der Waals surface area contributed by atoms with Crippen LogP contribution in [0.5, 0.6) is 0 Å². The van der Waals surface area contributed by atoms with Gasteiger partial charge >= 0.3 is 131 Å². The summed E-state index contributed by atoms with van der Waals surface area (Å²) < 4.78 is 9.14. The Morgan fingerprint density at radius 2 is 1.05 bits per heavy atom. The number of hydrogen-bond acceptors (Lipinski definition) is 0. The second-order valence-corrected chi connectivity index (χ2v) is 50.2. The SMILES string of the molecule is CC1=CC(C)[C]([Zr]([CH3])([CH3])(=[GeH2])[C]2=C(C)C(C)=CC2C)=C1C.Cl.Cl. The number of halogens is 2. The fourth-order valence-corrected chi connectivity index (χ4v) is 34.8. The topological polar surface area (TPSA) is 0 Å². The molecule has 0 heterocycles. The first-order valence-electron chi connectivity index (χ1n) is 7.83. The van der Waals surface area contributed by atoms with Crippen LogP contribution in [0.15, 0.2) is 41.0 Å². The summed E-state index contributed by atoms with van der Waals surface area (Å²) in [7, 11) is 0. The van der Waals surface area contributed by atoms with Crippen LogP contribution in [-0.4, -0.2) is 12.1 Å². The smallest absolute Gasteiger partial charge is 0.147 e. The molecule has 0 amide bonds. The van der Waals surface area contributed by atoms with E-state index in [1.54, 1.807) is 11.1 Å². The van der Waals surface area contributed by atoms with Crippen LogP contribution in [0, 0.1) is 11.8 Å². The average molecular weight is 483 g/mol. The maximum absolute atomic E-state index is 2.92. The Kier molecular flexibility index (Phi) is 7.38. The second kappa shape index (κ2) is 7.07. The molecule has 0 aliphatic heterocycles. The summed E-state index contributed by atoms with van der Waals surface area (Å²) in [5, 5.41) is 0. The fourth-order valence-electron chi connectivity index (χ4n) is 5.08. The zero-order valence-electron chi connectivity index (χ0n) is 15.3. The first kappa shape index (κ1) is 23.0. The van der Waals surface area contributed by atoms with Gasteiger partial charge in [0.25, 0.3) is 0 Å². The molecule has 2 unspecified atom stereocenters. The van der Waals surface area contributed by atoms with E-state index < -0.39 is 15.7 Å². The predicted octanol–water partition coefficient (Wildman–Crippen LogP) is 5.90. The molecule has 4 heteroatoms. The molecule has 0 nitrogen and oxygen atoms in total. The van der Waals surface area contributed by atoms with Gasteiger partial charge in [0.15, 0.2) is 0 Å². The van der Waals surface area contributed by atoms with E-state index >= 15 is 0 Å². The molecule has 0 N–H and O–H groups in total. The number of hydrogen-bond donors (Lipinski definition) is 0. The molecule has 0 bridgehead atoms. The van der Waals surface area contributed by atoms with Crippen molar-refractivity contribution < 1.29 is 15.7 Å². The van der Waals surface area contributed by atoms with Gasteiger partial charge in [-0.05, 0) is 0 Å². The summed E-state index contributed by atoms with van der Waals surface area (Å²) in [6.07, 6.45) is 4.99. The van der Waals surface area contributed by atoms with Crippen molar-refractivity contribution in [2.75, 3.05) is 0 Å². The summed E-state index contributed by atoms with van der Waals surface area (Å²) in [5.41, 5.74) is 6.30. The van der Waals surface area contributed by atoms with Crippen molar-refractivity contribution in [3.05, 3.63) is 41.0 Å². The van der Waals surface area contributed by atoms with Crippen LogP contribution in [0.4, 0.5) is 0 Å². The van der Waals surface area contributed by atoms with Crippen LogP contribution in [0.2, 0.25) is 9.26 Å². The monoisotopic (exact) mass is 482 g/mol. The standard InChI is InChI=1S/2C8H11.2CH3.2ClH.GeH2.Zr/c2*1-6-4-7(2)8(3)5-6;;;;;;/h2*4,6H,1-3H3;2*1H3;2*1H;1H2;. The van der Waals surface area contributed by atoms with Crippen molar-refractivity contribution in [1.29, 1.82) is 0 Å². The molecule has 0 aromatic heterocycles. The van der Waals surface area contributed by atoms with Crippen molar-refractivity contribution >= 4 is 37.0 Å². The Bertz CT molecular complexity index is 619. The van der Waals surface area contributed by atoms with Crippen molar-refractivity contribution in [1.82, 2.24) is 0 Å². The van der Waals surface area contributed by atoms with Gasteiger partial charge in [-0.15, -0.1) is 24.8 Å². The van der Waals surface area contributed by atoms with Crippen molar-refractivity contribution in [2.24, 2.45) is 11.8 Å². The van der Waals surface area contributed by atoms with Crippen LogP contribution in [-0.2, 0) is 15.7 Å². The minimum atomic E-state index is -2.92. The van der Waals surface area contributed by atoms with Crippen LogP contribution in [0.3, 0.4) is 0 Å². The second-order valence-electron chi connectivity index (χ2n) is 8.04. The predicted molar refractivity (Wildman–Crippen MR) is 106 cm³/mol. The average Bonchev–Trinajstić information content (AvgIpc) is 2.65. The molecule has 0 fully saturated rings. The molecule has 0 saturated carbocycles. The summed E-state index contributed by atoms with van der Waals surface area (Å²) in [4.78, 5) is 0. The Morgan fingerprint density at radius 3 is 1.23 bits per heavy atom. The van der Waals surface area contributed by atoms with E-state index in [1.807, 2.05) is 6.56 Å². The van der Waals surface area contributed by atoms with E-state index in [-0.39, 0.29) is 24.8 Å². The summed E-state index contributed by atoms with van der Waals surface area (Å²) in [6, 6.07) is 0. The molecule has 126 valence electrons. The third-order valence-electron chi connectivity index (χ3n) is 5.63. The van der Waals surface area contributed by atoms with E-state index in [4.69, 9.17) is 0 Å². The largest absolute Gasteiger partial charge is 0.147 e. The normalized spacial score (nSPS) is 25.7. The third kappa shape index (κ3) is 3.49. The van der Waals surface area contributed by atoms with E-state index in [0.29, 0.717) is 11.8 Å². The molecule has 2 atom stereocenters. The van der Waals surface area contributed by atoms with Gasteiger partial charge in [0.2, 0.25) is 0 Å². The Morgan fingerprint density at radius 1 is 0.773 bits per heavy atom. The van der Waals surface area contributed by atoms with Gasteiger partial charge in [0.05, 0.1) is 0 Å². The molecule has 2 rings (SSSR count). The number of rotatable bonds is 2. The van der Waals surface area contributed by atoms with Crippen molar-refractivity contribution in [3.63, 3.8) is 0 Å². The minimum absolute atomic E-state index is 0. The zero-order valence-corrected chi connectivity index (χ0v) is 22.4. The third-order valence-corrected chi connectivity index (χ3v) is 27.7. The first-order chi connectivity index (χ1) is 8.96. The Hall–Kier alpha value is 0.966. The van der Waals surface area contributed by atoms with Crippen LogP contribution >= 0.6 is 24.8 Å². The summed E-state index contributed by atoms with van der Waals surface area (Å²) >= 11 is -1.44. The summed E-state index contributed by atoms with van der Waals surface area (Å²) in [6.45, 7) is 14.2. The van der Waals surface area contributed by atoms with Crippen LogP contribution in [0.25, 0.3) is 0 Å². The molecule has 0 spiro atoms. The maximum Gasteiger partial charge on any atom is -0.147 e. The van der Waals surface area contributed by atoms with Crippen LogP contribution < -0.4 is 0 Å². The van der Waals surface area contributed by atoms with E-state index in [9.17, 15) is 0 Å². The molecule has 0 radical (unpaired) electrons. The molecule has 22 heavy (non-hydrogen) atoms. The van der Waals surface area contributed by atoms with Gasteiger partial charge < -0.3 is 0 Å². The summed E-state index contributed by atoms with van der Waals surface area (Å²) in [5.74, 6) is 1.33. The zero-order chi connectivity index (χ0) is 15.5. The molecule has 0 saturated heterocycles. The maximum atomic E-state index is 2.70. The number of allylic oxidation sites excluding steroid dienone is 8. The first-order valence-corrected chi connectivity index (χ1v) is 25.7. The van der Waals surface area contributed by atoms with Crippen LogP contribution in [0.1, 0.15) is 41.5 Å². The van der Waals surface area contributed by atoms with Crippen molar-refractivity contribution in [2.45, 2.75) is 50.8 Å². The molecule has 2 aliphatic carbocycles. The quantitative estimate of drug-likeness (QED) is 0.429. The van der Waals surface area contributed by atoms with Gasteiger partial charge in [0.1, 0.15) is 0 Å². The molecule has 2 aliphatic rings. The van der Waals surface area contributed by atoms with E-state index in [0.717, 1.165) is 0 Å². The molecular formula is C18H32Cl2GeZr. The molecular weight excluding hydrogens is 451 g/mol.